The van der Waals surface area contributed by atoms with Gasteiger partial charge in [-0.3, -0.25) is 4.72 Å². The van der Waals surface area contributed by atoms with Crippen molar-refractivity contribution in [2.45, 2.75) is 18.2 Å². The van der Waals surface area contributed by atoms with Crippen LogP contribution in [0.4, 0.5) is 5.69 Å². The summed E-state index contributed by atoms with van der Waals surface area (Å²) >= 11 is 0. The maximum atomic E-state index is 12.5. The Labute approximate surface area is 130 Å². The number of benzene rings is 3. The zero-order valence-corrected chi connectivity index (χ0v) is 13.1. The van der Waals surface area contributed by atoms with Gasteiger partial charge in [0, 0.05) is 5.69 Å². The predicted octanol–water partition coefficient (Wildman–Crippen LogP) is 4.20. The van der Waals surface area contributed by atoms with Crippen LogP contribution in [-0.2, 0) is 16.4 Å². The van der Waals surface area contributed by atoms with E-state index in [9.17, 15) is 8.42 Å². The molecule has 0 amide bonds. The number of fused-ring (bicyclic) bond motifs is 1. The van der Waals surface area contributed by atoms with Gasteiger partial charge in [0.1, 0.15) is 0 Å². The Morgan fingerprint density at radius 3 is 2.41 bits per heavy atom. The van der Waals surface area contributed by atoms with Crippen molar-refractivity contribution in [3.05, 3.63) is 72.3 Å². The molecule has 0 aliphatic rings. The number of sulfonamides is 1. The minimum absolute atomic E-state index is 0.271. The lowest BCUT2D eigenvalue weighted by atomic mass is 10.1. The van der Waals surface area contributed by atoms with E-state index in [-0.39, 0.29) is 4.90 Å². The summed E-state index contributed by atoms with van der Waals surface area (Å²) < 4.78 is 27.7. The monoisotopic (exact) mass is 311 g/mol. The zero-order valence-electron chi connectivity index (χ0n) is 12.3. The lowest BCUT2D eigenvalue weighted by Crippen LogP contribution is -2.13. The lowest BCUT2D eigenvalue weighted by molar-refractivity contribution is 0.601. The molecule has 112 valence electrons. The fourth-order valence-electron chi connectivity index (χ4n) is 2.40. The summed E-state index contributed by atoms with van der Waals surface area (Å²) in [6.45, 7) is 2.04. The van der Waals surface area contributed by atoms with Crippen LogP contribution < -0.4 is 4.72 Å². The molecule has 0 atom stereocenters. The second kappa shape index (κ2) is 5.81. The minimum atomic E-state index is -3.58. The van der Waals surface area contributed by atoms with Crippen LogP contribution >= 0.6 is 0 Å². The van der Waals surface area contributed by atoms with E-state index >= 15 is 0 Å². The Hall–Kier alpha value is -2.33. The molecule has 3 nitrogen and oxygen atoms in total. The molecule has 4 heteroatoms. The summed E-state index contributed by atoms with van der Waals surface area (Å²) in [5.41, 5.74) is 1.69. The molecule has 0 saturated carbocycles. The van der Waals surface area contributed by atoms with Gasteiger partial charge in [0.2, 0.25) is 0 Å². The van der Waals surface area contributed by atoms with Gasteiger partial charge in [0.05, 0.1) is 4.90 Å². The van der Waals surface area contributed by atoms with Gasteiger partial charge >= 0.3 is 0 Å². The van der Waals surface area contributed by atoms with E-state index in [1.165, 1.54) is 0 Å². The van der Waals surface area contributed by atoms with E-state index in [0.717, 1.165) is 22.8 Å². The van der Waals surface area contributed by atoms with Crippen LogP contribution in [0.1, 0.15) is 12.5 Å². The van der Waals surface area contributed by atoms with Crippen LogP contribution in [0.15, 0.2) is 71.6 Å². The van der Waals surface area contributed by atoms with Crippen molar-refractivity contribution in [1.82, 2.24) is 0 Å². The summed E-state index contributed by atoms with van der Waals surface area (Å²) in [5.74, 6) is 0. The normalized spacial score (nSPS) is 11.5. The third-order valence-corrected chi connectivity index (χ3v) is 5.00. The van der Waals surface area contributed by atoms with Crippen molar-refractivity contribution < 1.29 is 8.42 Å². The lowest BCUT2D eigenvalue weighted by Gasteiger charge is -2.10. The molecule has 0 aliphatic heterocycles. The van der Waals surface area contributed by atoms with Crippen LogP contribution in [0.5, 0.6) is 0 Å². The van der Waals surface area contributed by atoms with Crippen LogP contribution in [-0.4, -0.2) is 8.42 Å². The zero-order chi connectivity index (χ0) is 15.6. The van der Waals surface area contributed by atoms with E-state index in [1.54, 1.807) is 18.2 Å². The summed E-state index contributed by atoms with van der Waals surface area (Å²) in [4.78, 5) is 0.271. The molecule has 3 aromatic carbocycles. The van der Waals surface area contributed by atoms with Gasteiger partial charge in [-0.2, -0.15) is 0 Å². The number of rotatable bonds is 4. The van der Waals surface area contributed by atoms with Gasteiger partial charge in [0.15, 0.2) is 0 Å². The maximum absolute atomic E-state index is 12.5. The standard InChI is InChI=1S/C18H17NO2S/c1-2-14-6-5-9-17(12-14)19-22(20,21)18-11-10-15-7-3-4-8-16(15)13-18/h3-13,19H,2H2,1H3. The second-order valence-electron chi connectivity index (χ2n) is 5.17. The van der Waals surface area contributed by atoms with Gasteiger partial charge in [-0.25, -0.2) is 8.42 Å². The van der Waals surface area contributed by atoms with Crippen LogP contribution in [0.2, 0.25) is 0 Å². The van der Waals surface area contributed by atoms with Gasteiger partial charge in [-0.15, -0.1) is 0 Å². The highest BCUT2D eigenvalue weighted by atomic mass is 32.2. The van der Waals surface area contributed by atoms with Crippen LogP contribution in [0.3, 0.4) is 0 Å². The van der Waals surface area contributed by atoms with Gasteiger partial charge < -0.3 is 0 Å². The van der Waals surface area contributed by atoms with Crippen molar-refractivity contribution in [1.29, 1.82) is 0 Å². The van der Waals surface area contributed by atoms with Crippen molar-refractivity contribution in [2.75, 3.05) is 4.72 Å². The summed E-state index contributed by atoms with van der Waals surface area (Å²) in [5, 5.41) is 1.93. The van der Waals surface area contributed by atoms with E-state index < -0.39 is 10.0 Å². The maximum Gasteiger partial charge on any atom is 0.261 e. The highest BCUT2D eigenvalue weighted by Gasteiger charge is 2.14. The number of hydrogen-bond donors (Lipinski definition) is 1. The largest absolute Gasteiger partial charge is 0.280 e. The van der Waals surface area contributed by atoms with Gasteiger partial charge in [-0.1, -0.05) is 49.4 Å². The van der Waals surface area contributed by atoms with Crippen molar-refractivity contribution >= 4 is 26.5 Å². The summed E-state index contributed by atoms with van der Waals surface area (Å²) in [6.07, 6.45) is 0.867. The Bertz CT molecular complexity index is 917. The average molecular weight is 311 g/mol. The highest BCUT2D eigenvalue weighted by molar-refractivity contribution is 7.92. The Balaban J connectivity index is 1.96. The molecule has 0 radical (unpaired) electrons. The van der Waals surface area contributed by atoms with Crippen molar-refractivity contribution in [3.8, 4) is 0 Å². The third-order valence-electron chi connectivity index (χ3n) is 3.62. The number of hydrogen-bond acceptors (Lipinski definition) is 2. The topological polar surface area (TPSA) is 46.2 Å². The first-order chi connectivity index (χ1) is 10.6. The first-order valence-corrected chi connectivity index (χ1v) is 8.67. The van der Waals surface area contributed by atoms with E-state index in [0.29, 0.717) is 5.69 Å². The Kier molecular flexibility index (Phi) is 3.86. The van der Waals surface area contributed by atoms with Crippen LogP contribution in [0.25, 0.3) is 10.8 Å². The molecule has 0 fully saturated rings. The molecule has 1 N–H and O–H groups in total. The summed E-state index contributed by atoms with van der Waals surface area (Å²) in [7, 11) is -3.58. The molecule has 0 aliphatic carbocycles. The Morgan fingerprint density at radius 2 is 1.64 bits per heavy atom. The quantitative estimate of drug-likeness (QED) is 0.785. The van der Waals surface area contributed by atoms with E-state index in [1.807, 2.05) is 55.5 Å². The Morgan fingerprint density at radius 1 is 0.864 bits per heavy atom. The summed E-state index contributed by atoms with van der Waals surface area (Å²) in [6, 6.07) is 20.3. The molecular formula is C18H17NO2S. The van der Waals surface area contributed by atoms with E-state index in [2.05, 4.69) is 4.72 Å². The molecule has 3 rings (SSSR count). The van der Waals surface area contributed by atoms with Gasteiger partial charge in [-0.05, 0) is 47.0 Å². The number of anilines is 1. The molecule has 0 saturated heterocycles. The number of nitrogens with one attached hydrogen (secondary N) is 1. The average Bonchev–Trinajstić information content (AvgIpc) is 2.54. The molecule has 22 heavy (non-hydrogen) atoms. The number of aryl methyl sites for hydroxylation is 1. The predicted molar refractivity (Wildman–Crippen MR) is 90.6 cm³/mol. The smallest absolute Gasteiger partial charge is 0.261 e. The fourth-order valence-corrected chi connectivity index (χ4v) is 3.49. The molecule has 0 unspecified atom stereocenters. The van der Waals surface area contributed by atoms with E-state index in [4.69, 9.17) is 0 Å². The third kappa shape index (κ3) is 2.97. The molecule has 3 aromatic rings. The molecular weight excluding hydrogens is 294 g/mol. The first kappa shape index (κ1) is 14.6. The molecule has 0 bridgehead atoms. The highest BCUT2D eigenvalue weighted by Crippen LogP contribution is 2.22. The van der Waals surface area contributed by atoms with Gasteiger partial charge in [0.25, 0.3) is 10.0 Å². The van der Waals surface area contributed by atoms with Crippen molar-refractivity contribution in [2.24, 2.45) is 0 Å². The first-order valence-electron chi connectivity index (χ1n) is 7.19. The van der Waals surface area contributed by atoms with Crippen LogP contribution in [0, 0.1) is 0 Å². The molecule has 0 spiro atoms. The fraction of sp³-hybridized carbons (Fsp3) is 0.111. The molecule has 0 heterocycles. The SMILES string of the molecule is CCc1cccc(NS(=O)(=O)c2ccc3ccccc3c2)c1. The molecule has 0 aromatic heterocycles. The van der Waals surface area contributed by atoms with Crippen molar-refractivity contribution in [3.63, 3.8) is 0 Å². The minimum Gasteiger partial charge on any atom is -0.280 e. The second-order valence-corrected chi connectivity index (χ2v) is 6.85.